The molecule has 1 unspecified atom stereocenters. The molecule has 2 aliphatic rings. The quantitative estimate of drug-likeness (QED) is 0.267. The summed E-state index contributed by atoms with van der Waals surface area (Å²) in [5, 5.41) is 11.4. The monoisotopic (exact) mass is 514 g/mol. The molecule has 0 saturated carbocycles. The minimum absolute atomic E-state index is 0.0355. The lowest BCUT2D eigenvalue weighted by Crippen LogP contribution is -2.32. The third-order valence-corrected chi connectivity index (χ3v) is 6.51. The van der Waals surface area contributed by atoms with Crippen molar-refractivity contribution in [2.45, 2.75) is 12.5 Å². The Bertz CT molecular complexity index is 1370. The maximum atomic E-state index is 13.4. The molecule has 0 aromatic heterocycles. The number of Topliss-reactive ketones (excluding diaryl/α,β-unsaturated/α-hetero) is 1. The normalized spacial score (nSPS) is 18.2. The molecule has 0 bridgehead atoms. The van der Waals surface area contributed by atoms with E-state index in [0.29, 0.717) is 60.3 Å². The Morgan fingerprint density at radius 3 is 2.45 bits per heavy atom. The van der Waals surface area contributed by atoms with Gasteiger partial charge in [-0.25, -0.2) is 0 Å². The van der Waals surface area contributed by atoms with Crippen molar-refractivity contribution in [1.29, 1.82) is 0 Å². The summed E-state index contributed by atoms with van der Waals surface area (Å²) in [6, 6.07) is 20.9. The average Bonchev–Trinajstić information content (AvgIpc) is 3.18. The van der Waals surface area contributed by atoms with E-state index < -0.39 is 17.7 Å². The maximum Gasteiger partial charge on any atom is 0.295 e. The number of hydrogen-bond donors (Lipinski definition) is 1. The van der Waals surface area contributed by atoms with E-state index >= 15 is 0 Å². The van der Waals surface area contributed by atoms with Gasteiger partial charge in [0, 0.05) is 12.1 Å². The lowest BCUT2D eigenvalue weighted by atomic mass is 9.95. The minimum atomic E-state index is -0.773. The highest BCUT2D eigenvalue weighted by atomic mass is 16.6. The van der Waals surface area contributed by atoms with E-state index in [4.69, 9.17) is 14.2 Å². The largest absolute Gasteiger partial charge is 0.507 e. The van der Waals surface area contributed by atoms with Gasteiger partial charge in [0.25, 0.3) is 11.7 Å². The number of rotatable bonds is 8. The van der Waals surface area contributed by atoms with Gasteiger partial charge in [-0.2, -0.15) is 0 Å². The third kappa shape index (κ3) is 5.21. The Morgan fingerprint density at radius 1 is 0.947 bits per heavy atom. The molecule has 1 saturated heterocycles. The van der Waals surface area contributed by atoms with Gasteiger partial charge in [0.2, 0.25) is 0 Å². The Balaban J connectivity index is 1.56. The first-order chi connectivity index (χ1) is 18.4. The highest BCUT2D eigenvalue weighted by Crippen LogP contribution is 2.42. The molecule has 196 valence electrons. The molecule has 5 rings (SSSR count). The molecule has 3 aromatic carbocycles. The van der Waals surface area contributed by atoms with Crippen LogP contribution in [0.3, 0.4) is 0 Å². The van der Waals surface area contributed by atoms with Gasteiger partial charge in [0.15, 0.2) is 11.5 Å². The number of carbonyl (C=O) groups is 2. The lowest BCUT2D eigenvalue weighted by molar-refractivity contribution is -0.139. The van der Waals surface area contributed by atoms with Crippen LogP contribution in [0.15, 0.2) is 78.4 Å². The smallest absolute Gasteiger partial charge is 0.295 e. The maximum absolute atomic E-state index is 13.4. The molecule has 2 aliphatic heterocycles. The highest BCUT2D eigenvalue weighted by molar-refractivity contribution is 6.46. The van der Waals surface area contributed by atoms with Crippen LogP contribution in [0.5, 0.6) is 23.0 Å². The van der Waals surface area contributed by atoms with Crippen LogP contribution in [-0.4, -0.2) is 67.0 Å². The summed E-state index contributed by atoms with van der Waals surface area (Å²) in [4.78, 5) is 30.2. The predicted octanol–water partition coefficient (Wildman–Crippen LogP) is 4.62. The summed E-state index contributed by atoms with van der Waals surface area (Å²) in [6.45, 7) is 1.93. The summed E-state index contributed by atoms with van der Waals surface area (Å²) < 4.78 is 17.3. The highest BCUT2D eigenvalue weighted by Gasteiger charge is 2.46. The van der Waals surface area contributed by atoms with Gasteiger partial charge in [-0.15, -0.1) is 0 Å². The number of ether oxygens (including phenoxy) is 3. The molecule has 2 heterocycles. The number of nitrogens with zero attached hydrogens (tertiary/aromatic N) is 2. The van der Waals surface area contributed by atoms with Crippen LogP contribution < -0.4 is 14.2 Å². The van der Waals surface area contributed by atoms with Crippen LogP contribution >= 0.6 is 0 Å². The van der Waals surface area contributed by atoms with Gasteiger partial charge in [-0.05, 0) is 75.1 Å². The van der Waals surface area contributed by atoms with Gasteiger partial charge >= 0.3 is 0 Å². The first-order valence-electron chi connectivity index (χ1n) is 12.6. The fraction of sp³-hybridized carbons (Fsp3) is 0.267. The van der Waals surface area contributed by atoms with E-state index in [-0.39, 0.29) is 11.3 Å². The third-order valence-electron chi connectivity index (χ3n) is 6.51. The summed E-state index contributed by atoms with van der Waals surface area (Å²) >= 11 is 0. The SMILES string of the molecule is CN(C)CCCN1C(=O)C(=O)C(=C(O)c2ccc3c(c2)OCCO3)C1c1cccc(Oc2ccccc2)c1. The number of aliphatic hydroxyl groups is 1. The Labute approximate surface area is 221 Å². The number of benzene rings is 3. The molecule has 8 heteroatoms. The molecule has 3 aromatic rings. The first-order valence-corrected chi connectivity index (χ1v) is 12.6. The molecule has 1 fully saturated rings. The second kappa shape index (κ2) is 11.0. The van der Waals surface area contributed by atoms with Crippen molar-refractivity contribution < 1.29 is 28.9 Å². The van der Waals surface area contributed by atoms with E-state index in [1.807, 2.05) is 67.5 Å². The van der Waals surface area contributed by atoms with Gasteiger partial charge in [0.05, 0.1) is 11.6 Å². The number of para-hydroxylation sites is 1. The van der Waals surface area contributed by atoms with E-state index in [0.717, 1.165) is 6.54 Å². The zero-order valence-electron chi connectivity index (χ0n) is 21.4. The topological polar surface area (TPSA) is 88.5 Å². The first kappa shape index (κ1) is 25.4. The van der Waals surface area contributed by atoms with E-state index in [2.05, 4.69) is 0 Å². The summed E-state index contributed by atoms with van der Waals surface area (Å²) in [7, 11) is 3.91. The van der Waals surface area contributed by atoms with Crippen molar-refractivity contribution in [3.8, 4) is 23.0 Å². The minimum Gasteiger partial charge on any atom is -0.507 e. The van der Waals surface area contributed by atoms with Crippen LogP contribution in [0.1, 0.15) is 23.6 Å². The molecule has 1 N–H and O–H groups in total. The number of fused-ring (bicyclic) bond motifs is 1. The molecule has 1 amide bonds. The van der Waals surface area contributed by atoms with E-state index in [1.165, 1.54) is 4.90 Å². The van der Waals surface area contributed by atoms with Crippen LogP contribution in [-0.2, 0) is 9.59 Å². The second-order valence-corrected chi connectivity index (χ2v) is 9.50. The standard InChI is InChI=1S/C30H30N2O6/c1-31(2)14-7-15-32-27(20-8-6-11-23(18-20)38-22-9-4-3-5-10-22)26(29(34)30(32)35)28(33)21-12-13-24-25(19-21)37-17-16-36-24/h3-6,8-13,18-19,27,33H,7,14-17H2,1-2H3. The van der Waals surface area contributed by atoms with E-state index in [9.17, 15) is 14.7 Å². The predicted molar refractivity (Wildman–Crippen MR) is 143 cm³/mol. The Hall–Kier alpha value is -4.30. The summed E-state index contributed by atoms with van der Waals surface area (Å²) in [6.07, 6.45) is 0.667. The van der Waals surface area contributed by atoms with Gasteiger partial charge in [-0.1, -0.05) is 30.3 Å². The van der Waals surface area contributed by atoms with Crippen LogP contribution in [0.25, 0.3) is 5.76 Å². The van der Waals surface area contributed by atoms with Crippen LogP contribution in [0, 0.1) is 0 Å². The molecule has 1 atom stereocenters. The van der Waals surface area contributed by atoms with Gasteiger partial charge in [-0.3, -0.25) is 9.59 Å². The molecule has 38 heavy (non-hydrogen) atoms. The van der Waals surface area contributed by atoms with Crippen molar-refractivity contribution in [2.24, 2.45) is 0 Å². The molecular weight excluding hydrogens is 484 g/mol. The fourth-order valence-electron chi connectivity index (χ4n) is 4.73. The zero-order valence-corrected chi connectivity index (χ0v) is 21.4. The van der Waals surface area contributed by atoms with Crippen LogP contribution in [0.4, 0.5) is 0 Å². The Morgan fingerprint density at radius 2 is 1.68 bits per heavy atom. The van der Waals surface area contributed by atoms with E-state index in [1.54, 1.807) is 24.3 Å². The van der Waals surface area contributed by atoms with Crippen molar-refractivity contribution >= 4 is 17.4 Å². The van der Waals surface area contributed by atoms with Gasteiger partial charge < -0.3 is 29.1 Å². The molecule has 8 nitrogen and oxygen atoms in total. The summed E-state index contributed by atoms with van der Waals surface area (Å²) in [5.74, 6) is 0.668. The lowest BCUT2D eigenvalue weighted by Gasteiger charge is -2.26. The molecule has 0 spiro atoms. The molecule has 0 aliphatic carbocycles. The number of likely N-dealkylation sites (tertiary alicyclic amines) is 1. The molecular formula is C30H30N2O6. The number of hydrogen-bond acceptors (Lipinski definition) is 7. The van der Waals surface area contributed by atoms with Crippen molar-refractivity contribution in [3.05, 3.63) is 89.5 Å². The number of ketones is 1. The number of aliphatic hydroxyl groups excluding tert-OH is 1. The van der Waals surface area contributed by atoms with Gasteiger partial charge in [0.1, 0.15) is 30.5 Å². The fourth-order valence-corrected chi connectivity index (χ4v) is 4.73. The Kier molecular flexibility index (Phi) is 7.33. The van der Waals surface area contributed by atoms with Crippen LogP contribution in [0.2, 0.25) is 0 Å². The van der Waals surface area contributed by atoms with Crippen molar-refractivity contribution in [2.75, 3.05) is 40.4 Å². The average molecular weight is 515 g/mol. The van der Waals surface area contributed by atoms with Crippen molar-refractivity contribution in [3.63, 3.8) is 0 Å². The van der Waals surface area contributed by atoms with Crippen molar-refractivity contribution in [1.82, 2.24) is 9.80 Å². The summed E-state index contributed by atoms with van der Waals surface area (Å²) in [5.41, 5.74) is 1.08. The molecule has 0 radical (unpaired) electrons. The second-order valence-electron chi connectivity index (χ2n) is 9.50. The number of carbonyl (C=O) groups excluding carboxylic acids is 2. The number of amides is 1. The zero-order chi connectivity index (χ0) is 26.6.